The number of aromatic nitrogens is 3. The first-order valence-electron chi connectivity index (χ1n) is 9.23. The Balaban J connectivity index is 1.43. The second kappa shape index (κ2) is 6.63. The number of anilines is 1. The molecule has 0 atom stereocenters. The lowest BCUT2D eigenvalue weighted by molar-refractivity contribution is 0.0878. The number of nitrogens with one attached hydrogen (secondary N) is 2. The molecule has 3 heterocycles. The smallest absolute Gasteiger partial charge is 0.259 e. The largest absolute Gasteiger partial charge is 0.322 e. The average molecular weight is 397 g/mol. The van der Waals surface area contributed by atoms with Gasteiger partial charge >= 0.3 is 0 Å². The normalized spacial score (nSPS) is 12.7. The van der Waals surface area contributed by atoms with Crippen LogP contribution in [0.5, 0.6) is 0 Å². The van der Waals surface area contributed by atoms with Gasteiger partial charge in [-0.3, -0.25) is 19.7 Å². The van der Waals surface area contributed by atoms with Crippen molar-refractivity contribution in [2.24, 2.45) is 0 Å². The van der Waals surface area contributed by atoms with E-state index in [2.05, 4.69) is 20.7 Å². The first-order valence-corrected chi connectivity index (χ1v) is 9.23. The van der Waals surface area contributed by atoms with Gasteiger partial charge in [0.2, 0.25) is 0 Å². The van der Waals surface area contributed by atoms with E-state index in [1.807, 2.05) is 36.4 Å². The minimum atomic E-state index is -0.475. The van der Waals surface area contributed by atoms with E-state index >= 15 is 0 Å². The van der Waals surface area contributed by atoms with Gasteiger partial charge in [0.25, 0.3) is 17.7 Å². The molecule has 1 aliphatic rings. The van der Waals surface area contributed by atoms with Crippen LogP contribution in [0.15, 0.2) is 60.8 Å². The number of imide groups is 1. The van der Waals surface area contributed by atoms with Gasteiger partial charge in [-0.2, -0.15) is 5.10 Å². The molecule has 30 heavy (non-hydrogen) atoms. The number of hydrogen-bond donors (Lipinski definition) is 2. The molecule has 0 fully saturated rings. The van der Waals surface area contributed by atoms with E-state index in [1.165, 1.54) is 18.3 Å². The monoisotopic (exact) mass is 397 g/mol. The van der Waals surface area contributed by atoms with Gasteiger partial charge in [-0.1, -0.05) is 18.2 Å². The van der Waals surface area contributed by atoms with Crippen LogP contribution in [0.4, 0.5) is 5.69 Å². The maximum Gasteiger partial charge on any atom is 0.259 e. The highest BCUT2D eigenvalue weighted by atomic mass is 16.2. The number of nitrogens with zero attached hydrogens (tertiary/aromatic N) is 3. The summed E-state index contributed by atoms with van der Waals surface area (Å²) in [6.07, 6.45) is 1.48. The zero-order valence-corrected chi connectivity index (χ0v) is 15.8. The van der Waals surface area contributed by atoms with Crippen LogP contribution in [0.1, 0.15) is 36.8 Å². The van der Waals surface area contributed by atoms with E-state index in [-0.39, 0.29) is 11.5 Å². The minimum absolute atomic E-state index is 0.241. The number of carbonyl (C=O) groups is 3. The Hall–Kier alpha value is -4.33. The van der Waals surface area contributed by atoms with Crippen molar-refractivity contribution in [3.63, 3.8) is 0 Å². The third-order valence-corrected chi connectivity index (χ3v) is 5.05. The summed E-state index contributed by atoms with van der Waals surface area (Å²) in [5, 5.41) is 10.3. The maximum absolute atomic E-state index is 12.8. The highest BCUT2D eigenvalue weighted by Gasteiger charge is 2.27. The quantitative estimate of drug-likeness (QED) is 0.517. The summed E-state index contributed by atoms with van der Waals surface area (Å²) in [5.41, 5.74) is 2.80. The van der Waals surface area contributed by atoms with Crippen molar-refractivity contribution in [1.82, 2.24) is 20.1 Å². The van der Waals surface area contributed by atoms with Crippen LogP contribution in [0.2, 0.25) is 0 Å². The Morgan fingerprint density at radius 2 is 1.80 bits per heavy atom. The van der Waals surface area contributed by atoms with Crippen molar-refractivity contribution in [3.05, 3.63) is 83.2 Å². The molecule has 0 unspecified atom stereocenters. The molecule has 2 aromatic heterocycles. The van der Waals surface area contributed by atoms with Gasteiger partial charge < -0.3 is 5.32 Å². The summed E-state index contributed by atoms with van der Waals surface area (Å²) in [6.45, 7) is 1.79. The van der Waals surface area contributed by atoms with Gasteiger partial charge in [0.15, 0.2) is 5.82 Å². The van der Waals surface area contributed by atoms with Crippen molar-refractivity contribution >= 4 is 34.3 Å². The fourth-order valence-electron chi connectivity index (χ4n) is 3.48. The lowest BCUT2D eigenvalue weighted by Crippen LogP contribution is -2.19. The molecule has 0 radical (unpaired) electrons. The molecule has 0 spiro atoms. The lowest BCUT2D eigenvalue weighted by atomic mass is 10.1. The van der Waals surface area contributed by atoms with Crippen LogP contribution in [0, 0.1) is 6.92 Å². The molecule has 2 N–H and O–H groups in total. The number of pyridine rings is 1. The highest BCUT2D eigenvalue weighted by molar-refractivity contribution is 6.22. The Kier molecular flexibility index (Phi) is 3.92. The fourth-order valence-corrected chi connectivity index (χ4v) is 3.48. The molecule has 0 bridgehead atoms. The Bertz CT molecular complexity index is 1370. The molecule has 8 heteroatoms. The highest BCUT2D eigenvalue weighted by Crippen LogP contribution is 2.22. The van der Waals surface area contributed by atoms with Gasteiger partial charge in [-0.15, -0.1) is 0 Å². The summed E-state index contributed by atoms with van der Waals surface area (Å²) in [6, 6.07) is 16.1. The number of rotatable bonds is 3. The Labute approximate surface area is 170 Å². The van der Waals surface area contributed by atoms with Gasteiger partial charge in [0.1, 0.15) is 0 Å². The summed E-state index contributed by atoms with van der Waals surface area (Å²) in [4.78, 5) is 40.9. The maximum atomic E-state index is 12.8. The molecule has 5 rings (SSSR count). The number of amides is 3. The van der Waals surface area contributed by atoms with Crippen LogP contribution < -0.4 is 10.6 Å². The molecule has 0 aliphatic carbocycles. The second-order valence-corrected chi connectivity index (χ2v) is 6.92. The van der Waals surface area contributed by atoms with E-state index in [9.17, 15) is 14.4 Å². The molecule has 0 saturated carbocycles. The molecule has 2 aromatic carbocycles. The summed E-state index contributed by atoms with van der Waals surface area (Å²) in [5.74, 6) is -0.674. The average Bonchev–Trinajstić information content (AvgIpc) is 3.27. The SMILES string of the molecule is Cc1c(C(=O)Nc2ccc3c(c2)C(=O)NC3=O)cnn1-c1ccc2ccccc2n1. The number of fused-ring (bicyclic) bond motifs is 2. The molecule has 4 aromatic rings. The molecule has 8 nitrogen and oxygen atoms in total. The summed E-state index contributed by atoms with van der Waals surface area (Å²) < 4.78 is 1.61. The number of benzene rings is 2. The Morgan fingerprint density at radius 3 is 2.67 bits per heavy atom. The predicted octanol–water partition coefficient (Wildman–Crippen LogP) is 2.86. The number of carbonyl (C=O) groups excluding carboxylic acids is 3. The molecule has 1 aliphatic heterocycles. The zero-order valence-electron chi connectivity index (χ0n) is 15.8. The standard InChI is InChI=1S/C22H15N5O3/c1-12-17(11-23-27(12)19-9-6-13-4-2-3-5-18(13)25-19)22(30)24-14-7-8-15-16(10-14)21(29)26-20(15)28/h2-11H,1H3,(H,24,30)(H,26,28,29). The Morgan fingerprint density at radius 1 is 1.00 bits per heavy atom. The molecule has 3 amide bonds. The van der Waals surface area contributed by atoms with Gasteiger partial charge in [0, 0.05) is 11.1 Å². The third-order valence-electron chi connectivity index (χ3n) is 5.05. The molecular weight excluding hydrogens is 382 g/mol. The number of hydrogen-bond acceptors (Lipinski definition) is 5. The fraction of sp³-hybridized carbons (Fsp3) is 0.0455. The zero-order chi connectivity index (χ0) is 20.8. The van der Waals surface area contributed by atoms with E-state index in [0.29, 0.717) is 28.3 Å². The molecule has 146 valence electrons. The van der Waals surface area contributed by atoms with Crippen molar-refractivity contribution in [1.29, 1.82) is 0 Å². The first kappa shape index (κ1) is 17.7. The van der Waals surface area contributed by atoms with Crippen molar-refractivity contribution in [2.75, 3.05) is 5.32 Å². The first-order chi connectivity index (χ1) is 14.5. The van der Waals surface area contributed by atoms with Gasteiger partial charge in [0.05, 0.1) is 34.1 Å². The predicted molar refractivity (Wildman–Crippen MR) is 110 cm³/mol. The topological polar surface area (TPSA) is 106 Å². The van der Waals surface area contributed by atoms with Crippen LogP contribution in [-0.2, 0) is 0 Å². The van der Waals surface area contributed by atoms with Crippen LogP contribution in [-0.4, -0.2) is 32.5 Å². The summed E-state index contributed by atoms with van der Waals surface area (Å²) >= 11 is 0. The van der Waals surface area contributed by atoms with E-state index < -0.39 is 11.8 Å². The van der Waals surface area contributed by atoms with E-state index in [4.69, 9.17) is 0 Å². The lowest BCUT2D eigenvalue weighted by Gasteiger charge is -2.08. The van der Waals surface area contributed by atoms with Gasteiger partial charge in [-0.25, -0.2) is 9.67 Å². The third kappa shape index (κ3) is 2.82. The second-order valence-electron chi connectivity index (χ2n) is 6.92. The van der Waals surface area contributed by atoms with Crippen molar-refractivity contribution in [3.8, 4) is 5.82 Å². The van der Waals surface area contributed by atoms with E-state index in [1.54, 1.807) is 17.7 Å². The minimum Gasteiger partial charge on any atom is -0.322 e. The van der Waals surface area contributed by atoms with Gasteiger partial charge in [-0.05, 0) is 43.3 Å². The van der Waals surface area contributed by atoms with Crippen LogP contribution >= 0.6 is 0 Å². The molecule has 0 saturated heterocycles. The molecular formula is C22H15N5O3. The van der Waals surface area contributed by atoms with Crippen LogP contribution in [0.3, 0.4) is 0 Å². The van der Waals surface area contributed by atoms with Crippen molar-refractivity contribution < 1.29 is 14.4 Å². The number of para-hydroxylation sites is 1. The van der Waals surface area contributed by atoms with E-state index in [0.717, 1.165) is 10.9 Å². The van der Waals surface area contributed by atoms with Crippen molar-refractivity contribution in [2.45, 2.75) is 6.92 Å². The summed E-state index contributed by atoms with van der Waals surface area (Å²) in [7, 11) is 0. The van der Waals surface area contributed by atoms with Crippen LogP contribution in [0.25, 0.3) is 16.7 Å².